The second-order valence-corrected chi connectivity index (χ2v) is 16.7. The molecule has 370 valence electrons. The number of unbranched alkanes of at least 4 members (excludes halogenated alkanes) is 11. The molecule has 5 heteroatoms. The zero-order valence-corrected chi connectivity index (χ0v) is 42.4. The molecular weight excluding hydrogens is 813 g/mol. The largest absolute Gasteiger partial charge is 0.462 e. The van der Waals surface area contributed by atoms with Gasteiger partial charge in [0.25, 0.3) is 0 Å². The van der Waals surface area contributed by atoms with Crippen LogP contribution in [0.15, 0.2) is 146 Å². The van der Waals surface area contributed by atoms with Gasteiger partial charge in [0, 0.05) is 19.4 Å². The number of carbonyl (C=O) groups is 2. The molecule has 0 rings (SSSR count). The Labute approximate surface area is 406 Å². The van der Waals surface area contributed by atoms with Crippen molar-refractivity contribution in [2.24, 2.45) is 0 Å². The van der Waals surface area contributed by atoms with Crippen molar-refractivity contribution < 1.29 is 23.8 Å². The van der Waals surface area contributed by atoms with Gasteiger partial charge in [0.2, 0.25) is 0 Å². The molecule has 0 saturated heterocycles. The fourth-order valence-corrected chi connectivity index (χ4v) is 6.49. The molecule has 0 radical (unpaired) electrons. The number of allylic oxidation sites excluding steroid dienone is 24. The maximum Gasteiger partial charge on any atom is 0.306 e. The summed E-state index contributed by atoms with van der Waals surface area (Å²) >= 11 is 0. The Balaban J connectivity index is 4.47. The van der Waals surface area contributed by atoms with E-state index in [1.165, 1.54) is 19.3 Å². The zero-order valence-electron chi connectivity index (χ0n) is 42.4. The van der Waals surface area contributed by atoms with Crippen LogP contribution in [-0.4, -0.2) is 37.9 Å². The molecule has 0 spiro atoms. The second-order valence-electron chi connectivity index (χ2n) is 16.7. The highest BCUT2D eigenvalue weighted by Crippen LogP contribution is 2.12. The Morgan fingerprint density at radius 1 is 0.348 bits per heavy atom. The fraction of sp³-hybridized carbons (Fsp3) is 0.574. The average molecular weight is 909 g/mol. The van der Waals surface area contributed by atoms with Gasteiger partial charge in [-0.3, -0.25) is 9.59 Å². The number of hydrogen-bond donors (Lipinski definition) is 0. The van der Waals surface area contributed by atoms with Crippen LogP contribution in [-0.2, 0) is 23.8 Å². The van der Waals surface area contributed by atoms with Crippen LogP contribution in [0.4, 0.5) is 0 Å². The third-order valence-corrected chi connectivity index (χ3v) is 10.3. The van der Waals surface area contributed by atoms with Gasteiger partial charge in [0.1, 0.15) is 6.61 Å². The highest BCUT2D eigenvalue weighted by atomic mass is 16.6. The first-order valence-electron chi connectivity index (χ1n) is 26.4. The molecule has 0 bridgehead atoms. The van der Waals surface area contributed by atoms with Gasteiger partial charge in [-0.1, -0.05) is 205 Å². The van der Waals surface area contributed by atoms with Crippen LogP contribution in [0.5, 0.6) is 0 Å². The van der Waals surface area contributed by atoms with Crippen molar-refractivity contribution >= 4 is 11.9 Å². The molecule has 0 N–H and O–H groups in total. The van der Waals surface area contributed by atoms with E-state index in [2.05, 4.69) is 167 Å². The van der Waals surface area contributed by atoms with Crippen molar-refractivity contribution in [2.75, 3.05) is 19.8 Å². The van der Waals surface area contributed by atoms with Crippen molar-refractivity contribution in [3.63, 3.8) is 0 Å². The molecule has 1 unspecified atom stereocenters. The minimum Gasteiger partial charge on any atom is -0.462 e. The Morgan fingerprint density at radius 2 is 0.682 bits per heavy atom. The number of esters is 2. The van der Waals surface area contributed by atoms with E-state index in [9.17, 15) is 9.59 Å². The van der Waals surface area contributed by atoms with E-state index < -0.39 is 6.10 Å². The molecular formula is C61H96O5. The maximum atomic E-state index is 12.8. The number of carbonyl (C=O) groups excluding carboxylic acids is 2. The topological polar surface area (TPSA) is 61.8 Å². The maximum absolute atomic E-state index is 12.8. The molecule has 5 nitrogen and oxygen atoms in total. The van der Waals surface area contributed by atoms with Gasteiger partial charge in [-0.05, 0) is 128 Å². The zero-order chi connectivity index (χ0) is 47.7. The monoisotopic (exact) mass is 909 g/mol. The molecule has 0 aromatic rings. The molecule has 0 aliphatic heterocycles. The lowest BCUT2D eigenvalue weighted by atomic mass is 10.1. The van der Waals surface area contributed by atoms with Crippen LogP contribution in [0, 0.1) is 0 Å². The molecule has 66 heavy (non-hydrogen) atoms. The van der Waals surface area contributed by atoms with Gasteiger partial charge < -0.3 is 14.2 Å². The highest BCUT2D eigenvalue weighted by Gasteiger charge is 2.17. The molecule has 0 amide bonds. The SMILES string of the molecule is CC/C=C\C/C=C\C/C=C\C/C=C\C/C=C\C/C=C\CCCOCC(COC(=O)CCCCCC/C=C\C/C=C\C/C=C\C/C=C\CC)OC(=O)CCCCCCC/C=C\C/C=C\CCC. The smallest absolute Gasteiger partial charge is 0.306 e. The van der Waals surface area contributed by atoms with E-state index in [1.807, 2.05) is 0 Å². The van der Waals surface area contributed by atoms with E-state index >= 15 is 0 Å². The predicted octanol–water partition coefficient (Wildman–Crippen LogP) is 18.1. The first kappa shape index (κ1) is 61.8. The van der Waals surface area contributed by atoms with Crippen molar-refractivity contribution in [3.05, 3.63) is 146 Å². The summed E-state index contributed by atoms with van der Waals surface area (Å²) in [7, 11) is 0. The first-order chi connectivity index (χ1) is 32.6. The lowest BCUT2D eigenvalue weighted by molar-refractivity contribution is -0.163. The Hall–Kier alpha value is -4.22. The molecule has 0 aliphatic rings. The summed E-state index contributed by atoms with van der Waals surface area (Å²) in [6.07, 6.45) is 80.1. The molecule has 0 aromatic heterocycles. The lowest BCUT2D eigenvalue weighted by Crippen LogP contribution is -2.30. The summed E-state index contributed by atoms with van der Waals surface area (Å²) in [5.41, 5.74) is 0. The van der Waals surface area contributed by atoms with E-state index in [1.54, 1.807) is 0 Å². The van der Waals surface area contributed by atoms with Gasteiger partial charge in [-0.25, -0.2) is 0 Å². The van der Waals surface area contributed by atoms with E-state index in [0.29, 0.717) is 19.4 Å². The summed E-state index contributed by atoms with van der Waals surface area (Å²) < 4.78 is 17.3. The van der Waals surface area contributed by atoms with Crippen LogP contribution in [0.1, 0.15) is 201 Å². The molecule has 0 saturated carbocycles. The van der Waals surface area contributed by atoms with Crippen molar-refractivity contribution in [1.29, 1.82) is 0 Å². The summed E-state index contributed by atoms with van der Waals surface area (Å²) in [6.45, 7) is 7.33. The van der Waals surface area contributed by atoms with Gasteiger partial charge in [0.15, 0.2) is 6.10 Å². The van der Waals surface area contributed by atoms with Crippen LogP contribution < -0.4 is 0 Å². The molecule has 0 fully saturated rings. The van der Waals surface area contributed by atoms with Crippen LogP contribution in [0.2, 0.25) is 0 Å². The van der Waals surface area contributed by atoms with Gasteiger partial charge in [-0.15, -0.1) is 0 Å². The predicted molar refractivity (Wildman–Crippen MR) is 288 cm³/mol. The van der Waals surface area contributed by atoms with Crippen molar-refractivity contribution in [2.45, 2.75) is 207 Å². The normalized spacial score (nSPS) is 13.4. The van der Waals surface area contributed by atoms with E-state index in [4.69, 9.17) is 14.2 Å². The average Bonchev–Trinajstić information content (AvgIpc) is 3.32. The van der Waals surface area contributed by atoms with Gasteiger partial charge >= 0.3 is 11.9 Å². The number of ether oxygens (including phenoxy) is 3. The van der Waals surface area contributed by atoms with E-state index in [-0.39, 0.29) is 25.2 Å². The lowest BCUT2D eigenvalue weighted by Gasteiger charge is -2.18. The van der Waals surface area contributed by atoms with Crippen molar-refractivity contribution in [1.82, 2.24) is 0 Å². The Bertz CT molecular complexity index is 1450. The Morgan fingerprint density at radius 3 is 1.09 bits per heavy atom. The molecule has 0 heterocycles. The summed E-state index contributed by atoms with van der Waals surface area (Å²) in [4.78, 5) is 25.4. The van der Waals surface area contributed by atoms with Crippen LogP contribution in [0.3, 0.4) is 0 Å². The third kappa shape index (κ3) is 52.4. The molecule has 0 aliphatic carbocycles. The Kier molecular flexibility index (Phi) is 51.6. The van der Waals surface area contributed by atoms with Gasteiger partial charge in [0.05, 0.1) is 6.61 Å². The van der Waals surface area contributed by atoms with Crippen molar-refractivity contribution in [3.8, 4) is 0 Å². The first-order valence-corrected chi connectivity index (χ1v) is 26.4. The quantitative estimate of drug-likeness (QED) is 0.0346. The number of rotatable bonds is 46. The van der Waals surface area contributed by atoms with E-state index in [0.717, 1.165) is 148 Å². The molecule has 0 aromatic carbocycles. The third-order valence-electron chi connectivity index (χ3n) is 10.3. The van der Waals surface area contributed by atoms with Gasteiger partial charge in [-0.2, -0.15) is 0 Å². The minimum atomic E-state index is -0.595. The summed E-state index contributed by atoms with van der Waals surface area (Å²) in [5.74, 6) is -0.486. The summed E-state index contributed by atoms with van der Waals surface area (Å²) in [5, 5.41) is 0. The van der Waals surface area contributed by atoms with Crippen LogP contribution >= 0.6 is 0 Å². The second kappa shape index (κ2) is 55.1. The highest BCUT2D eigenvalue weighted by molar-refractivity contribution is 5.70. The standard InChI is InChI=1S/C61H96O5/c1-4-7-10-13-16-19-22-25-27-29-30-31-33-35-38-41-44-47-50-53-56-64-57-59(66-61(63)55-52-49-46-43-40-36-24-21-18-15-12-9-6-3)58-65-60(62)54-51-48-45-42-39-37-34-32-28-26-23-20-17-14-11-8-5-2/h7-8,10-12,15-17,19-21,24-28,30-31,34-35,37-38,44,47,59H,4-6,9,13-14,18,22-23,29,32-33,36,39-43,45-46,48-58H2,1-3H3/b10-7-,11-8-,15-12-,19-16-,20-17-,24-21-,27-25-,28-26-,31-30-,37-34-,38-35-,47-44-. The van der Waals surface area contributed by atoms with Crippen LogP contribution in [0.25, 0.3) is 0 Å². The number of hydrogen-bond acceptors (Lipinski definition) is 5. The fourth-order valence-electron chi connectivity index (χ4n) is 6.49. The minimum absolute atomic E-state index is 0.0332. The molecule has 1 atom stereocenters. The summed E-state index contributed by atoms with van der Waals surface area (Å²) in [6, 6.07) is 0.